The van der Waals surface area contributed by atoms with Crippen molar-refractivity contribution in [3.05, 3.63) is 11.1 Å². The summed E-state index contributed by atoms with van der Waals surface area (Å²) < 4.78 is 7.41. The molecule has 0 spiro atoms. The van der Waals surface area contributed by atoms with Crippen LogP contribution in [0.15, 0.2) is 10.5 Å². The van der Waals surface area contributed by atoms with Crippen molar-refractivity contribution >= 4 is 34.1 Å². The van der Waals surface area contributed by atoms with Crippen LogP contribution in [0.2, 0.25) is 0 Å². The van der Waals surface area contributed by atoms with Gasteiger partial charge >= 0.3 is 0 Å². The highest BCUT2D eigenvalue weighted by atomic mass is 32.2. The van der Waals surface area contributed by atoms with E-state index in [1.807, 2.05) is 5.38 Å². The van der Waals surface area contributed by atoms with Crippen LogP contribution in [0.4, 0.5) is 5.13 Å². The highest BCUT2D eigenvalue weighted by molar-refractivity contribution is 7.98. The minimum atomic E-state index is -0.0286. The molecule has 2 aromatic heterocycles. The van der Waals surface area contributed by atoms with Gasteiger partial charge in [-0.2, -0.15) is 0 Å². The molecule has 0 N–H and O–H groups in total. The van der Waals surface area contributed by atoms with E-state index in [1.165, 1.54) is 30.0 Å². The standard InChI is InChI=1S/C13H18N6O2S2/c1-9(20)18(2)12-14-10(7-22-12)8-23-13-15-16-17-19(13)6-11-4-3-5-21-11/h7,11H,3-6,8H2,1-2H3. The first-order valence-electron chi connectivity index (χ1n) is 7.32. The number of hydrogen-bond acceptors (Lipinski definition) is 8. The molecule has 3 rings (SSSR count). The van der Waals surface area contributed by atoms with Gasteiger partial charge in [0.05, 0.1) is 18.3 Å². The van der Waals surface area contributed by atoms with Gasteiger partial charge < -0.3 is 4.74 Å². The number of hydrogen-bond donors (Lipinski definition) is 0. The number of carbonyl (C=O) groups excluding carboxylic acids is 1. The molecule has 3 heterocycles. The summed E-state index contributed by atoms with van der Waals surface area (Å²) in [6.45, 7) is 3.03. The van der Waals surface area contributed by atoms with Crippen molar-refractivity contribution in [1.82, 2.24) is 25.2 Å². The zero-order valence-corrected chi connectivity index (χ0v) is 14.6. The number of tetrazole rings is 1. The zero-order chi connectivity index (χ0) is 16.2. The summed E-state index contributed by atoms with van der Waals surface area (Å²) >= 11 is 2.99. The molecule has 2 aromatic rings. The lowest BCUT2D eigenvalue weighted by Gasteiger charge is -2.10. The third kappa shape index (κ3) is 4.06. The Morgan fingerprint density at radius 1 is 1.61 bits per heavy atom. The van der Waals surface area contributed by atoms with Crippen LogP contribution in [-0.4, -0.2) is 50.9 Å². The SMILES string of the molecule is CC(=O)N(C)c1nc(CSc2nnnn2CC2CCCO2)cs1. The maximum atomic E-state index is 11.4. The number of ether oxygens (including phenoxy) is 1. The summed E-state index contributed by atoms with van der Waals surface area (Å²) in [5.74, 6) is 0.632. The van der Waals surface area contributed by atoms with E-state index in [-0.39, 0.29) is 12.0 Å². The molecule has 1 saturated heterocycles. The van der Waals surface area contributed by atoms with E-state index < -0.39 is 0 Å². The highest BCUT2D eigenvalue weighted by Gasteiger charge is 2.19. The van der Waals surface area contributed by atoms with Crippen LogP contribution in [0.25, 0.3) is 0 Å². The van der Waals surface area contributed by atoms with Crippen molar-refractivity contribution in [3.63, 3.8) is 0 Å². The lowest BCUT2D eigenvalue weighted by Crippen LogP contribution is -2.22. The molecule has 1 aliphatic heterocycles. The first-order valence-corrected chi connectivity index (χ1v) is 9.19. The van der Waals surface area contributed by atoms with E-state index in [9.17, 15) is 4.79 Å². The smallest absolute Gasteiger partial charge is 0.225 e. The Kier molecular flexibility index (Phi) is 5.23. The topological polar surface area (TPSA) is 86.0 Å². The Labute approximate surface area is 142 Å². The second kappa shape index (κ2) is 7.37. The Morgan fingerprint density at radius 3 is 3.22 bits per heavy atom. The molecule has 23 heavy (non-hydrogen) atoms. The summed E-state index contributed by atoms with van der Waals surface area (Å²) in [6, 6.07) is 0. The highest BCUT2D eigenvalue weighted by Crippen LogP contribution is 2.25. The normalized spacial score (nSPS) is 17.6. The molecule has 0 saturated carbocycles. The molecule has 1 unspecified atom stereocenters. The van der Waals surface area contributed by atoms with Crippen LogP contribution in [0.5, 0.6) is 0 Å². The van der Waals surface area contributed by atoms with E-state index in [1.54, 1.807) is 16.6 Å². The number of carbonyl (C=O) groups is 1. The van der Waals surface area contributed by atoms with Crippen LogP contribution >= 0.6 is 23.1 Å². The lowest BCUT2D eigenvalue weighted by atomic mass is 10.2. The average molecular weight is 354 g/mol. The second-order valence-electron chi connectivity index (χ2n) is 5.27. The molecular weight excluding hydrogens is 336 g/mol. The van der Waals surface area contributed by atoms with Crippen molar-refractivity contribution < 1.29 is 9.53 Å². The van der Waals surface area contributed by atoms with Gasteiger partial charge in [-0.3, -0.25) is 9.69 Å². The predicted octanol–water partition coefficient (Wildman–Crippen LogP) is 1.58. The summed E-state index contributed by atoms with van der Waals surface area (Å²) in [7, 11) is 1.72. The molecule has 1 fully saturated rings. The molecule has 1 amide bonds. The fourth-order valence-corrected chi connectivity index (χ4v) is 3.90. The van der Waals surface area contributed by atoms with Crippen molar-refractivity contribution in [2.75, 3.05) is 18.6 Å². The van der Waals surface area contributed by atoms with Gasteiger partial charge in [0.2, 0.25) is 11.1 Å². The number of thiazole rings is 1. The molecule has 10 heteroatoms. The Hall–Kier alpha value is -1.52. The van der Waals surface area contributed by atoms with Gasteiger partial charge in [0.15, 0.2) is 5.13 Å². The van der Waals surface area contributed by atoms with Crippen LogP contribution in [0.1, 0.15) is 25.5 Å². The van der Waals surface area contributed by atoms with E-state index >= 15 is 0 Å². The maximum Gasteiger partial charge on any atom is 0.225 e. The first kappa shape index (κ1) is 16.3. The van der Waals surface area contributed by atoms with Crippen LogP contribution in [-0.2, 0) is 21.8 Å². The van der Waals surface area contributed by atoms with Gasteiger partial charge in [-0.1, -0.05) is 11.8 Å². The predicted molar refractivity (Wildman–Crippen MR) is 87.6 cm³/mol. The lowest BCUT2D eigenvalue weighted by molar-refractivity contribution is -0.116. The Morgan fingerprint density at radius 2 is 2.48 bits per heavy atom. The van der Waals surface area contributed by atoms with Crippen molar-refractivity contribution in [2.24, 2.45) is 0 Å². The monoisotopic (exact) mass is 354 g/mol. The van der Waals surface area contributed by atoms with Gasteiger partial charge in [-0.25, -0.2) is 9.67 Å². The molecule has 1 aliphatic rings. The molecule has 0 aromatic carbocycles. The largest absolute Gasteiger partial charge is 0.376 e. The van der Waals surface area contributed by atoms with E-state index in [0.717, 1.165) is 30.3 Å². The molecule has 0 radical (unpaired) electrons. The number of thioether (sulfide) groups is 1. The van der Waals surface area contributed by atoms with Gasteiger partial charge in [0.1, 0.15) is 0 Å². The third-order valence-corrected chi connectivity index (χ3v) is 5.50. The minimum absolute atomic E-state index is 0.0286. The fraction of sp³-hybridized carbons (Fsp3) is 0.615. The summed E-state index contributed by atoms with van der Waals surface area (Å²) in [5, 5.41) is 15.3. The Balaban J connectivity index is 1.58. The average Bonchev–Trinajstić information content (AvgIpc) is 3.27. The fourth-order valence-electron chi connectivity index (χ4n) is 2.19. The van der Waals surface area contributed by atoms with E-state index in [4.69, 9.17) is 4.74 Å². The third-order valence-electron chi connectivity index (χ3n) is 3.55. The zero-order valence-electron chi connectivity index (χ0n) is 13.0. The van der Waals surface area contributed by atoms with Crippen molar-refractivity contribution in [1.29, 1.82) is 0 Å². The van der Waals surface area contributed by atoms with Crippen LogP contribution in [0, 0.1) is 0 Å². The molecule has 0 bridgehead atoms. The molecule has 8 nitrogen and oxygen atoms in total. The number of amides is 1. The molecular formula is C13H18N6O2S2. The minimum Gasteiger partial charge on any atom is -0.376 e. The van der Waals surface area contributed by atoms with Crippen molar-refractivity contribution in [3.8, 4) is 0 Å². The Bertz CT molecular complexity index is 667. The number of aromatic nitrogens is 5. The van der Waals surface area contributed by atoms with Crippen LogP contribution < -0.4 is 4.90 Å². The quantitative estimate of drug-likeness (QED) is 0.728. The molecule has 124 valence electrons. The number of nitrogens with zero attached hydrogens (tertiary/aromatic N) is 6. The molecule has 0 aliphatic carbocycles. The number of anilines is 1. The van der Waals surface area contributed by atoms with E-state index in [2.05, 4.69) is 20.5 Å². The second-order valence-corrected chi connectivity index (χ2v) is 7.05. The van der Waals surface area contributed by atoms with Gasteiger partial charge in [-0.05, 0) is 23.3 Å². The van der Waals surface area contributed by atoms with Gasteiger partial charge in [0.25, 0.3) is 0 Å². The molecule has 1 atom stereocenters. The van der Waals surface area contributed by atoms with Crippen molar-refractivity contribution in [2.45, 2.75) is 43.3 Å². The first-order chi connectivity index (χ1) is 11.1. The van der Waals surface area contributed by atoms with E-state index in [0.29, 0.717) is 17.4 Å². The van der Waals surface area contributed by atoms with Crippen LogP contribution in [0.3, 0.4) is 0 Å². The van der Waals surface area contributed by atoms with Gasteiger partial charge in [0, 0.05) is 31.7 Å². The summed E-state index contributed by atoms with van der Waals surface area (Å²) in [4.78, 5) is 17.4. The number of rotatable bonds is 6. The van der Waals surface area contributed by atoms with Gasteiger partial charge in [-0.15, -0.1) is 16.4 Å². The summed E-state index contributed by atoms with van der Waals surface area (Å²) in [6.07, 6.45) is 2.35. The summed E-state index contributed by atoms with van der Waals surface area (Å²) in [5.41, 5.74) is 0.912. The maximum absolute atomic E-state index is 11.4.